The smallest absolute Gasteiger partial charge is 0.318 e. The molecule has 0 atom stereocenters. The lowest BCUT2D eigenvalue weighted by Gasteiger charge is -2.08. The van der Waals surface area contributed by atoms with Crippen LogP contribution in [0.3, 0.4) is 0 Å². The summed E-state index contributed by atoms with van der Waals surface area (Å²) in [6, 6.07) is 17.6. The molecule has 2 aromatic rings. The zero-order chi connectivity index (χ0) is 21.8. The van der Waals surface area contributed by atoms with E-state index < -0.39 is 5.97 Å². The van der Waals surface area contributed by atoms with Crippen molar-refractivity contribution in [1.29, 1.82) is 0 Å². The first kappa shape index (κ1) is 23.9. The molecule has 0 saturated heterocycles. The van der Waals surface area contributed by atoms with Crippen LogP contribution in [-0.2, 0) is 9.63 Å². The highest BCUT2D eigenvalue weighted by Crippen LogP contribution is 2.27. The highest BCUT2D eigenvalue weighted by Gasteiger charge is 2.16. The van der Waals surface area contributed by atoms with Crippen LogP contribution < -0.4 is 0 Å². The van der Waals surface area contributed by atoms with Gasteiger partial charge in [0.25, 0.3) is 0 Å². The molecule has 2 aromatic carbocycles. The maximum atomic E-state index is 13.0. The summed E-state index contributed by atoms with van der Waals surface area (Å²) in [5, 5.41) is 3.95. The van der Waals surface area contributed by atoms with Crippen LogP contribution in [0.15, 0.2) is 69.5 Å². The van der Waals surface area contributed by atoms with Gasteiger partial charge in [-0.3, -0.25) is 4.79 Å². The van der Waals surface area contributed by atoms with E-state index in [0.29, 0.717) is 17.7 Å². The molecular weight excluding hydrogens is 394 g/mol. The van der Waals surface area contributed by atoms with Gasteiger partial charge in [0.05, 0.1) is 6.42 Å². The Morgan fingerprint density at radius 3 is 2.23 bits per heavy atom. The summed E-state index contributed by atoms with van der Waals surface area (Å²) < 4.78 is 0. The van der Waals surface area contributed by atoms with Crippen molar-refractivity contribution >= 4 is 29.2 Å². The number of hydrogen-bond acceptors (Lipinski definition) is 5. The third-order valence-electron chi connectivity index (χ3n) is 4.46. The number of hydrogen-bond donors (Lipinski definition) is 0. The number of carbonyl (C=O) groups excluding carboxylic acids is 2. The summed E-state index contributed by atoms with van der Waals surface area (Å²) in [5.41, 5.74) is 0.869. The summed E-state index contributed by atoms with van der Waals surface area (Å²) in [6.45, 7) is 6.02. The predicted octanol–water partition coefficient (Wildman–Crippen LogP) is 6.94. The molecule has 4 nitrogen and oxygen atoms in total. The number of ketones is 1. The maximum absolute atomic E-state index is 13.0. The summed E-state index contributed by atoms with van der Waals surface area (Å²) >= 11 is 1.64. The van der Waals surface area contributed by atoms with Crippen LogP contribution in [0.25, 0.3) is 0 Å². The van der Waals surface area contributed by atoms with Crippen LogP contribution in [0.1, 0.15) is 69.7 Å². The zero-order valence-corrected chi connectivity index (χ0v) is 18.9. The number of Topliss-reactive ketones (excluding diaryl/α,β-unsaturated/α-hetero) is 1. The molecule has 2 rings (SSSR count). The molecular formula is C25H31NO3S. The molecule has 0 bridgehead atoms. The molecule has 30 heavy (non-hydrogen) atoms. The van der Waals surface area contributed by atoms with Crippen molar-refractivity contribution in [3.05, 3.63) is 60.2 Å². The monoisotopic (exact) mass is 425 g/mol. The van der Waals surface area contributed by atoms with Crippen molar-refractivity contribution in [3.63, 3.8) is 0 Å². The quantitative estimate of drug-likeness (QED) is 0.122. The SMILES string of the molecule is CCCCCC/C(=N\OC(=O)CC(C)C)C(=O)c1ccc(Sc2ccccc2)cc1. The minimum Gasteiger partial charge on any atom is -0.318 e. The third kappa shape index (κ3) is 8.54. The number of unbranched alkanes of at least 4 members (excludes halogenated alkanes) is 3. The Kier molecular flexibility index (Phi) is 10.4. The van der Waals surface area contributed by atoms with E-state index >= 15 is 0 Å². The molecule has 0 heterocycles. The van der Waals surface area contributed by atoms with Gasteiger partial charge >= 0.3 is 5.97 Å². The van der Waals surface area contributed by atoms with E-state index in [9.17, 15) is 9.59 Å². The van der Waals surface area contributed by atoms with Gasteiger partial charge < -0.3 is 4.84 Å². The minimum atomic E-state index is -0.404. The molecule has 0 saturated carbocycles. The second kappa shape index (κ2) is 13.0. The number of oxime groups is 1. The fourth-order valence-electron chi connectivity index (χ4n) is 2.86. The van der Waals surface area contributed by atoms with Gasteiger partial charge in [0.1, 0.15) is 5.71 Å². The van der Waals surface area contributed by atoms with E-state index in [1.54, 1.807) is 11.8 Å². The van der Waals surface area contributed by atoms with E-state index in [1.807, 2.05) is 56.3 Å². The molecule has 5 heteroatoms. The van der Waals surface area contributed by atoms with Crippen molar-refractivity contribution in [2.45, 2.75) is 69.1 Å². The number of rotatable bonds is 12. The summed E-state index contributed by atoms with van der Waals surface area (Å²) in [5.74, 6) is -0.398. The molecule has 0 aliphatic heterocycles. The minimum absolute atomic E-state index is 0.180. The Morgan fingerprint density at radius 1 is 0.933 bits per heavy atom. The van der Waals surface area contributed by atoms with Crippen molar-refractivity contribution in [2.75, 3.05) is 0 Å². The summed E-state index contributed by atoms with van der Waals surface area (Å²) in [6.07, 6.45) is 4.89. The molecule has 0 radical (unpaired) electrons. The maximum Gasteiger partial charge on any atom is 0.335 e. The van der Waals surface area contributed by atoms with E-state index in [2.05, 4.69) is 24.2 Å². The Balaban J connectivity index is 2.07. The standard InChI is InChI=1S/C25H31NO3S/c1-4-5-6-10-13-23(26-29-24(27)18-19(2)3)25(28)20-14-16-22(17-15-20)30-21-11-8-7-9-12-21/h7-9,11-12,14-17,19H,4-6,10,13,18H2,1-3H3/b26-23+. The average Bonchev–Trinajstić information content (AvgIpc) is 2.73. The average molecular weight is 426 g/mol. The van der Waals surface area contributed by atoms with Crippen molar-refractivity contribution in [2.24, 2.45) is 11.1 Å². The molecule has 0 N–H and O–H groups in total. The first-order valence-corrected chi connectivity index (χ1v) is 11.5. The van der Waals surface area contributed by atoms with Crippen LogP contribution in [0.4, 0.5) is 0 Å². The summed E-state index contributed by atoms with van der Waals surface area (Å²) in [4.78, 5) is 32.1. The van der Waals surface area contributed by atoms with E-state index in [0.717, 1.165) is 35.5 Å². The van der Waals surface area contributed by atoms with Gasteiger partial charge in [-0.1, -0.05) is 75.2 Å². The summed E-state index contributed by atoms with van der Waals surface area (Å²) in [7, 11) is 0. The molecule has 0 aromatic heterocycles. The van der Waals surface area contributed by atoms with Gasteiger partial charge in [-0.25, -0.2) is 4.79 Å². The van der Waals surface area contributed by atoms with E-state index in [1.165, 1.54) is 0 Å². The third-order valence-corrected chi connectivity index (χ3v) is 5.47. The molecule has 0 spiro atoms. The fourth-order valence-corrected chi connectivity index (χ4v) is 3.70. The molecule has 0 amide bonds. The first-order valence-electron chi connectivity index (χ1n) is 10.6. The Hall–Kier alpha value is -2.40. The topological polar surface area (TPSA) is 55.7 Å². The van der Waals surface area contributed by atoms with Crippen LogP contribution in [0.2, 0.25) is 0 Å². The lowest BCUT2D eigenvalue weighted by Crippen LogP contribution is -2.16. The Morgan fingerprint density at radius 2 is 1.60 bits per heavy atom. The van der Waals surface area contributed by atoms with Crippen LogP contribution >= 0.6 is 11.8 Å². The lowest BCUT2D eigenvalue weighted by molar-refractivity contribution is -0.144. The van der Waals surface area contributed by atoms with Crippen LogP contribution in [0, 0.1) is 5.92 Å². The highest BCUT2D eigenvalue weighted by molar-refractivity contribution is 7.99. The fraction of sp³-hybridized carbons (Fsp3) is 0.400. The van der Waals surface area contributed by atoms with Crippen molar-refractivity contribution < 1.29 is 14.4 Å². The number of benzene rings is 2. The number of carbonyl (C=O) groups is 2. The highest BCUT2D eigenvalue weighted by atomic mass is 32.2. The zero-order valence-electron chi connectivity index (χ0n) is 18.1. The molecule has 160 valence electrons. The van der Waals surface area contributed by atoms with Gasteiger partial charge in [0.2, 0.25) is 5.78 Å². The van der Waals surface area contributed by atoms with Crippen LogP contribution in [0.5, 0.6) is 0 Å². The van der Waals surface area contributed by atoms with Crippen molar-refractivity contribution in [1.82, 2.24) is 0 Å². The van der Waals surface area contributed by atoms with Gasteiger partial charge in [-0.15, -0.1) is 0 Å². The van der Waals surface area contributed by atoms with Gasteiger partial charge in [-0.05, 0) is 55.2 Å². The molecule has 0 fully saturated rings. The van der Waals surface area contributed by atoms with Gasteiger partial charge in [0.15, 0.2) is 0 Å². The Labute approximate surface area is 184 Å². The first-order chi connectivity index (χ1) is 14.5. The second-order valence-electron chi connectivity index (χ2n) is 7.68. The normalized spacial score (nSPS) is 11.5. The molecule has 0 unspecified atom stereocenters. The van der Waals surface area contributed by atoms with Gasteiger partial charge in [0, 0.05) is 15.4 Å². The van der Waals surface area contributed by atoms with Gasteiger partial charge in [-0.2, -0.15) is 0 Å². The van der Waals surface area contributed by atoms with Crippen LogP contribution in [-0.4, -0.2) is 17.5 Å². The molecule has 0 aliphatic carbocycles. The van der Waals surface area contributed by atoms with E-state index in [-0.39, 0.29) is 18.1 Å². The second-order valence-corrected chi connectivity index (χ2v) is 8.83. The number of nitrogens with zero attached hydrogens (tertiary/aromatic N) is 1. The van der Waals surface area contributed by atoms with E-state index in [4.69, 9.17) is 4.84 Å². The predicted molar refractivity (Wildman–Crippen MR) is 123 cm³/mol. The lowest BCUT2D eigenvalue weighted by atomic mass is 10.0. The largest absolute Gasteiger partial charge is 0.335 e. The Bertz CT molecular complexity index is 829. The molecule has 0 aliphatic rings. The van der Waals surface area contributed by atoms with Crippen molar-refractivity contribution in [3.8, 4) is 0 Å².